The summed E-state index contributed by atoms with van der Waals surface area (Å²) in [5.41, 5.74) is 2.30. The molecule has 0 bridgehead atoms. The first kappa shape index (κ1) is 9.60. The van der Waals surface area contributed by atoms with Gasteiger partial charge in [0.1, 0.15) is 0 Å². The number of benzene rings is 1. The molecule has 1 nitrogen and oxygen atoms in total. The second-order valence-corrected chi connectivity index (χ2v) is 3.78. The molecule has 14 heavy (non-hydrogen) atoms. The van der Waals surface area contributed by atoms with Crippen molar-refractivity contribution in [3.63, 3.8) is 0 Å². The number of rotatable bonds is 2. The smallest absolute Gasteiger partial charge is 0.0642 e. The van der Waals surface area contributed by atoms with Crippen molar-refractivity contribution in [1.29, 1.82) is 0 Å². The Bertz CT molecular complexity index is 349. The van der Waals surface area contributed by atoms with Crippen LogP contribution in [0.3, 0.4) is 0 Å². The van der Waals surface area contributed by atoms with Gasteiger partial charge in [-0.05, 0) is 24.1 Å². The summed E-state index contributed by atoms with van der Waals surface area (Å²) < 4.78 is 0. The van der Waals surface area contributed by atoms with Crippen molar-refractivity contribution in [1.82, 2.24) is 0 Å². The normalized spacial score (nSPS) is 15.1. The average Bonchev–Trinajstić information content (AvgIpc) is 2.70. The van der Waals surface area contributed by atoms with E-state index in [4.69, 9.17) is 11.6 Å². The molecule has 0 spiro atoms. The van der Waals surface area contributed by atoms with Gasteiger partial charge in [-0.3, -0.25) is 0 Å². The van der Waals surface area contributed by atoms with Crippen LogP contribution in [0.15, 0.2) is 30.4 Å². The SMILES string of the molecule is C[CH]c1ccc(N2CC=CC2)c(Cl)c1. The fraction of sp³-hybridized carbons (Fsp3) is 0.250. The van der Waals surface area contributed by atoms with Crippen LogP contribution in [0.4, 0.5) is 5.69 Å². The number of hydrogen-bond acceptors (Lipinski definition) is 1. The Labute approximate surface area is 90.0 Å². The molecule has 0 aliphatic carbocycles. The van der Waals surface area contributed by atoms with E-state index in [0.29, 0.717) is 0 Å². The van der Waals surface area contributed by atoms with Crippen molar-refractivity contribution in [2.24, 2.45) is 0 Å². The van der Waals surface area contributed by atoms with E-state index in [1.165, 1.54) is 5.56 Å². The molecule has 2 rings (SSSR count). The monoisotopic (exact) mass is 206 g/mol. The van der Waals surface area contributed by atoms with Crippen molar-refractivity contribution in [3.05, 3.63) is 47.4 Å². The van der Waals surface area contributed by atoms with Crippen LogP contribution >= 0.6 is 11.6 Å². The van der Waals surface area contributed by atoms with Crippen LogP contribution in [0.1, 0.15) is 12.5 Å². The molecule has 1 aromatic carbocycles. The van der Waals surface area contributed by atoms with Gasteiger partial charge in [0.2, 0.25) is 0 Å². The first-order valence-corrected chi connectivity index (χ1v) is 5.18. The topological polar surface area (TPSA) is 3.24 Å². The third kappa shape index (κ3) is 1.78. The van der Waals surface area contributed by atoms with Gasteiger partial charge in [0, 0.05) is 13.1 Å². The van der Waals surface area contributed by atoms with Gasteiger partial charge in [-0.15, -0.1) is 0 Å². The molecule has 0 unspecified atom stereocenters. The van der Waals surface area contributed by atoms with Gasteiger partial charge in [0.05, 0.1) is 10.7 Å². The quantitative estimate of drug-likeness (QED) is 0.672. The number of nitrogens with zero attached hydrogens (tertiary/aromatic N) is 1. The first-order valence-electron chi connectivity index (χ1n) is 4.80. The lowest BCUT2D eigenvalue weighted by molar-refractivity contribution is 1.01. The van der Waals surface area contributed by atoms with Gasteiger partial charge >= 0.3 is 0 Å². The molecule has 0 atom stereocenters. The Kier molecular flexibility index (Phi) is 2.78. The van der Waals surface area contributed by atoms with Gasteiger partial charge in [0.15, 0.2) is 0 Å². The van der Waals surface area contributed by atoms with E-state index in [2.05, 4.69) is 35.6 Å². The zero-order valence-corrected chi connectivity index (χ0v) is 8.96. The van der Waals surface area contributed by atoms with E-state index in [9.17, 15) is 0 Å². The summed E-state index contributed by atoms with van der Waals surface area (Å²) >= 11 is 6.20. The third-order valence-corrected chi connectivity index (χ3v) is 2.77. The molecule has 0 N–H and O–H groups in total. The molecule has 1 heterocycles. The van der Waals surface area contributed by atoms with E-state index in [1.54, 1.807) is 0 Å². The maximum Gasteiger partial charge on any atom is 0.0642 e. The third-order valence-electron chi connectivity index (χ3n) is 2.46. The van der Waals surface area contributed by atoms with Crippen LogP contribution in [0.2, 0.25) is 5.02 Å². The molecule has 1 aromatic rings. The van der Waals surface area contributed by atoms with E-state index in [1.807, 2.05) is 13.0 Å². The van der Waals surface area contributed by atoms with E-state index in [-0.39, 0.29) is 0 Å². The van der Waals surface area contributed by atoms with Crippen molar-refractivity contribution in [2.75, 3.05) is 18.0 Å². The van der Waals surface area contributed by atoms with E-state index < -0.39 is 0 Å². The Morgan fingerprint density at radius 2 is 2.00 bits per heavy atom. The Hall–Kier alpha value is -0.950. The largest absolute Gasteiger partial charge is 0.363 e. The summed E-state index contributed by atoms with van der Waals surface area (Å²) in [5, 5.41) is 0.837. The van der Waals surface area contributed by atoms with Crippen molar-refractivity contribution >= 4 is 17.3 Å². The number of halogens is 1. The molecule has 2 heteroatoms. The highest BCUT2D eigenvalue weighted by molar-refractivity contribution is 6.33. The van der Waals surface area contributed by atoms with Crippen molar-refractivity contribution in [3.8, 4) is 0 Å². The van der Waals surface area contributed by atoms with Gasteiger partial charge < -0.3 is 4.90 Å². The van der Waals surface area contributed by atoms with Crippen molar-refractivity contribution in [2.45, 2.75) is 6.92 Å². The Morgan fingerprint density at radius 3 is 2.57 bits per heavy atom. The minimum absolute atomic E-state index is 0.837. The lowest BCUT2D eigenvalue weighted by Gasteiger charge is -2.19. The second-order valence-electron chi connectivity index (χ2n) is 3.38. The van der Waals surface area contributed by atoms with Gasteiger partial charge in [-0.2, -0.15) is 0 Å². The lowest BCUT2D eigenvalue weighted by atomic mass is 10.1. The minimum Gasteiger partial charge on any atom is -0.363 e. The van der Waals surface area contributed by atoms with Crippen LogP contribution < -0.4 is 4.90 Å². The molecule has 0 aromatic heterocycles. The van der Waals surface area contributed by atoms with Gasteiger partial charge in [-0.25, -0.2) is 0 Å². The highest BCUT2D eigenvalue weighted by Gasteiger charge is 2.10. The molecule has 0 saturated heterocycles. The fourth-order valence-corrected chi connectivity index (χ4v) is 1.94. The highest BCUT2D eigenvalue weighted by atomic mass is 35.5. The molecule has 1 aliphatic rings. The molecule has 0 amide bonds. The second kappa shape index (κ2) is 4.05. The molecule has 0 saturated carbocycles. The molecule has 1 radical (unpaired) electrons. The molecular weight excluding hydrogens is 194 g/mol. The fourth-order valence-electron chi connectivity index (χ4n) is 1.63. The lowest BCUT2D eigenvalue weighted by Crippen LogP contribution is -2.18. The molecular formula is C12H13ClN. The molecule has 0 fully saturated rings. The number of hydrogen-bond donors (Lipinski definition) is 0. The standard InChI is InChI=1S/C12H13ClN/c1-2-10-5-6-12(11(13)9-10)14-7-3-4-8-14/h2-6,9H,7-8H2,1H3. The zero-order valence-electron chi connectivity index (χ0n) is 8.20. The maximum absolute atomic E-state index is 6.20. The van der Waals surface area contributed by atoms with E-state index in [0.717, 1.165) is 23.8 Å². The summed E-state index contributed by atoms with van der Waals surface area (Å²) in [6.07, 6.45) is 6.38. The average molecular weight is 207 g/mol. The van der Waals surface area contributed by atoms with Gasteiger partial charge in [0.25, 0.3) is 0 Å². The van der Waals surface area contributed by atoms with E-state index >= 15 is 0 Å². The minimum atomic E-state index is 0.837. The summed E-state index contributed by atoms with van der Waals surface area (Å²) in [4.78, 5) is 2.25. The van der Waals surface area contributed by atoms with Crippen LogP contribution in [0, 0.1) is 6.42 Å². The number of anilines is 1. The van der Waals surface area contributed by atoms with Crippen LogP contribution in [0.25, 0.3) is 0 Å². The molecule has 73 valence electrons. The summed E-state index contributed by atoms with van der Waals surface area (Å²) in [7, 11) is 0. The van der Waals surface area contributed by atoms with Crippen molar-refractivity contribution < 1.29 is 0 Å². The van der Waals surface area contributed by atoms with Crippen LogP contribution in [-0.4, -0.2) is 13.1 Å². The Balaban J connectivity index is 2.26. The van der Waals surface area contributed by atoms with Gasteiger partial charge in [-0.1, -0.05) is 36.7 Å². The first-order chi connectivity index (χ1) is 6.81. The van der Waals surface area contributed by atoms with Crippen LogP contribution in [0.5, 0.6) is 0 Å². The molecule has 1 aliphatic heterocycles. The predicted octanol–water partition coefficient (Wildman–Crippen LogP) is 3.29. The highest BCUT2D eigenvalue weighted by Crippen LogP contribution is 2.28. The Morgan fingerprint density at radius 1 is 1.29 bits per heavy atom. The summed E-state index contributed by atoms with van der Waals surface area (Å²) in [5.74, 6) is 0. The predicted molar refractivity (Wildman–Crippen MR) is 61.9 cm³/mol. The maximum atomic E-state index is 6.20. The van der Waals surface area contributed by atoms with Crippen LogP contribution in [-0.2, 0) is 0 Å². The summed E-state index contributed by atoms with van der Waals surface area (Å²) in [6, 6.07) is 6.19. The zero-order chi connectivity index (χ0) is 9.97. The summed E-state index contributed by atoms with van der Waals surface area (Å²) in [6.45, 7) is 3.95.